The maximum Gasteiger partial charge on any atom is 0.227 e. The third-order valence-electron chi connectivity index (χ3n) is 5.20. The Bertz CT molecular complexity index is 1080. The van der Waals surface area contributed by atoms with Gasteiger partial charge in [-0.15, -0.1) is 6.42 Å². The fourth-order valence-corrected chi connectivity index (χ4v) is 3.48. The third-order valence-corrected chi connectivity index (χ3v) is 5.20. The number of amides is 1. The van der Waals surface area contributed by atoms with Gasteiger partial charge < -0.3 is 15.1 Å². The first-order chi connectivity index (χ1) is 14.1. The van der Waals surface area contributed by atoms with Crippen molar-refractivity contribution < 1.29 is 4.79 Å². The van der Waals surface area contributed by atoms with Crippen molar-refractivity contribution >= 4 is 28.3 Å². The second-order valence-corrected chi connectivity index (χ2v) is 7.28. The van der Waals surface area contributed by atoms with Crippen LogP contribution in [0.3, 0.4) is 0 Å². The van der Waals surface area contributed by atoms with E-state index >= 15 is 0 Å². The summed E-state index contributed by atoms with van der Waals surface area (Å²) in [7, 11) is 2.08. The number of benzene rings is 2. The molecule has 1 aromatic heterocycles. The van der Waals surface area contributed by atoms with Gasteiger partial charge >= 0.3 is 0 Å². The van der Waals surface area contributed by atoms with E-state index in [-0.39, 0.29) is 5.91 Å². The van der Waals surface area contributed by atoms with Gasteiger partial charge in [-0.25, -0.2) is 9.97 Å². The lowest BCUT2D eigenvalue weighted by atomic mass is 10.1. The zero-order chi connectivity index (χ0) is 20.2. The van der Waals surface area contributed by atoms with Crippen LogP contribution in [0.4, 0.5) is 11.5 Å². The maximum absolute atomic E-state index is 12.7. The van der Waals surface area contributed by atoms with Crippen LogP contribution in [-0.2, 0) is 11.2 Å². The first kappa shape index (κ1) is 18.9. The molecule has 6 heteroatoms. The van der Waals surface area contributed by atoms with Gasteiger partial charge in [0.25, 0.3) is 0 Å². The van der Waals surface area contributed by atoms with Gasteiger partial charge in [-0.1, -0.05) is 18.1 Å². The molecule has 0 saturated carbocycles. The molecule has 1 N–H and O–H groups in total. The average Bonchev–Trinajstić information content (AvgIpc) is 2.75. The highest BCUT2D eigenvalue weighted by atomic mass is 16.2. The Labute approximate surface area is 170 Å². The number of rotatable bonds is 4. The largest absolute Gasteiger partial charge is 0.340 e. The summed E-state index contributed by atoms with van der Waals surface area (Å²) in [5.74, 6) is 3.49. The van der Waals surface area contributed by atoms with Gasteiger partial charge in [0.15, 0.2) is 0 Å². The quantitative estimate of drug-likeness (QED) is 0.700. The molecule has 1 aliphatic heterocycles. The minimum Gasteiger partial charge on any atom is -0.340 e. The Morgan fingerprint density at radius 2 is 1.97 bits per heavy atom. The molecule has 29 heavy (non-hydrogen) atoms. The summed E-state index contributed by atoms with van der Waals surface area (Å²) in [6, 6.07) is 13.5. The van der Waals surface area contributed by atoms with Crippen molar-refractivity contribution in [3.05, 3.63) is 59.9 Å². The molecule has 2 heterocycles. The summed E-state index contributed by atoms with van der Waals surface area (Å²) in [5, 5.41) is 4.20. The molecule has 0 aliphatic carbocycles. The fraction of sp³-hybridized carbons (Fsp3) is 0.261. The van der Waals surface area contributed by atoms with Crippen LogP contribution in [0.2, 0.25) is 0 Å². The SMILES string of the molecule is C#Cc1cccc(Nc2ncnc3ccc(CC(=O)N4CCN(C)CC4)cc23)c1. The van der Waals surface area contributed by atoms with Crippen molar-refractivity contribution in [3.8, 4) is 12.3 Å². The van der Waals surface area contributed by atoms with E-state index in [1.165, 1.54) is 6.33 Å². The van der Waals surface area contributed by atoms with Gasteiger partial charge in [0.05, 0.1) is 11.9 Å². The monoisotopic (exact) mass is 385 g/mol. The van der Waals surface area contributed by atoms with Crippen molar-refractivity contribution in [1.82, 2.24) is 19.8 Å². The zero-order valence-electron chi connectivity index (χ0n) is 16.4. The molecule has 146 valence electrons. The minimum atomic E-state index is 0.158. The van der Waals surface area contributed by atoms with Crippen molar-refractivity contribution in [2.45, 2.75) is 6.42 Å². The van der Waals surface area contributed by atoms with E-state index in [1.807, 2.05) is 47.4 Å². The van der Waals surface area contributed by atoms with E-state index in [0.29, 0.717) is 12.2 Å². The molecular formula is C23H23N5O. The van der Waals surface area contributed by atoms with E-state index in [1.54, 1.807) is 0 Å². The Kier molecular flexibility index (Phi) is 5.41. The molecule has 6 nitrogen and oxygen atoms in total. The van der Waals surface area contributed by atoms with E-state index < -0.39 is 0 Å². The van der Waals surface area contributed by atoms with Gasteiger partial charge in [-0.2, -0.15) is 0 Å². The third kappa shape index (κ3) is 4.36. The molecule has 2 aromatic carbocycles. The molecule has 0 atom stereocenters. The number of terminal acetylenes is 1. The number of hydrogen-bond donors (Lipinski definition) is 1. The fourth-order valence-electron chi connectivity index (χ4n) is 3.48. The molecule has 1 saturated heterocycles. The zero-order valence-corrected chi connectivity index (χ0v) is 16.4. The predicted octanol–water partition coefficient (Wildman–Crippen LogP) is 2.67. The van der Waals surface area contributed by atoms with Crippen LogP contribution in [0.5, 0.6) is 0 Å². The van der Waals surface area contributed by atoms with Crippen LogP contribution in [0.1, 0.15) is 11.1 Å². The molecule has 1 amide bonds. The number of carbonyl (C=O) groups is 1. The molecule has 0 bridgehead atoms. The van der Waals surface area contributed by atoms with Crippen LogP contribution >= 0.6 is 0 Å². The first-order valence-corrected chi connectivity index (χ1v) is 9.66. The van der Waals surface area contributed by atoms with E-state index in [0.717, 1.165) is 53.9 Å². The number of piperazine rings is 1. The summed E-state index contributed by atoms with van der Waals surface area (Å²) < 4.78 is 0. The topological polar surface area (TPSA) is 61.4 Å². The Hall–Kier alpha value is -3.43. The van der Waals surface area contributed by atoms with Gasteiger partial charge in [0.2, 0.25) is 5.91 Å². The number of anilines is 2. The van der Waals surface area contributed by atoms with Crippen molar-refractivity contribution in [2.24, 2.45) is 0 Å². The van der Waals surface area contributed by atoms with Gasteiger partial charge in [-0.05, 0) is 42.9 Å². The van der Waals surface area contributed by atoms with Crippen molar-refractivity contribution in [1.29, 1.82) is 0 Å². The number of hydrogen-bond acceptors (Lipinski definition) is 5. The summed E-state index contributed by atoms with van der Waals surface area (Å²) in [4.78, 5) is 25.6. The molecule has 0 spiro atoms. The lowest BCUT2D eigenvalue weighted by Crippen LogP contribution is -2.47. The number of carbonyl (C=O) groups excluding carboxylic acids is 1. The summed E-state index contributed by atoms with van der Waals surface area (Å²) in [6.07, 6.45) is 7.40. The Morgan fingerprint density at radius 1 is 1.14 bits per heavy atom. The van der Waals surface area contributed by atoms with Crippen molar-refractivity contribution in [2.75, 3.05) is 38.5 Å². The highest BCUT2D eigenvalue weighted by Crippen LogP contribution is 2.25. The average molecular weight is 385 g/mol. The number of nitrogens with one attached hydrogen (secondary N) is 1. The standard InChI is InChI=1S/C23H23N5O/c1-3-17-5-4-6-19(13-17)26-23-20-14-18(7-8-21(20)24-16-25-23)15-22(29)28-11-9-27(2)10-12-28/h1,4-8,13-14,16H,9-12,15H2,2H3,(H,24,25,26). The van der Waals surface area contributed by atoms with Crippen LogP contribution in [-0.4, -0.2) is 58.9 Å². The molecule has 0 unspecified atom stereocenters. The molecule has 4 rings (SSSR count). The van der Waals surface area contributed by atoms with E-state index in [4.69, 9.17) is 6.42 Å². The second-order valence-electron chi connectivity index (χ2n) is 7.28. The lowest BCUT2D eigenvalue weighted by Gasteiger charge is -2.32. The van der Waals surface area contributed by atoms with E-state index in [2.05, 4.69) is 33.2 Å². The van der Waals surface area contributed by atoms with Gasteiger partial charge in [0.1, 0.15) is 12.1 Å². The number of aromatic nitrogens is 2. The minimum absolute atomic E-state index is 0.158. The Balaban J connectivity index is 1.57. The van der Waals surface area contributed by atoms with Crippen molar-refractivity contribution in [3.63, 3.8) is 0 Å². The number of likely N-dealkylation sites (N-methyl/N-ethyl adjacent to an activating group) is 1. The molecule has 1 aliphatic rings. The normalized spacial score (nSPS) is 14.6. The predicted molar refractivity (Wildman–Crippen MR) is 115 cm³/mol. The van der Waals surface area contributed by atoms with Crippen LogP contribution in [0, 0.1) is 12.3 Å². The number of nitrogens with zero attached hydrogens (tertiary/aromatic N) is 4. The number of fused-ring (bicyclic) bond motifs is 1. The smallest absolute Gasteiger partial charge is 0.227 e. The summed E-state index contributed by atoms with van der Waals surface area (Å²) >= 11 is 0. The highest BCUT2D eigenvalue weighted by molar-refractivity contribution is 5.92. The van der Waals surface area contributed by atoms with Gasteiger partial charge in [0, 0.05) is 42.8 Å². The summed E-state index contributed by atoms with van der Waals surface area (Å²) in [6.45, 7) is 3.40. The summed E-state index contributed by atoms with van der Waals surface area (Å²) in [5.41, 5.74) is 3.44. The molecule has 3 aromatic rings. The first-order valence-electron chi connectivity index (χ1n) is 9.66. The van der Waals surface area contributed by atoms with Crippen LogP contribution in [0.25, 0.3) is 10.9 Å². The molecule has 1 fully saturated rings. The Morgan fingerprint density at radius 3 is 2.76 bits per heavy atom. The second kappa shape index (κ2) is 8.29. The van der Waals surface area contributed by atoms with Gasteiger partial charge in [-0.3, -0.25) is 4.79 Å². The lowest BCUT2D eigenvalue weighted by molar-refractivity contribution is -0.132. The maximum atomic E-state index is 12.7. The van der Waals surface area contributed by atoms with Crippen LogP contribution in [0.15, 0.2) is 48.8 Å². The molecule has 0 radical (unpaired) electrons. The molecular weight excluding hydrogens is 362 g/mol. The van der Waals surface area contributed by atoms with E-state index in [9.17, 15) is 4.79 Å². The van der Waals surface area contributed by atoms with Crippen LogP contribution < -0.4 is 5.32 Å². The highest BCUT2D eigenvalue weighted by Gasteiger charge is 2.19.